The second-order valence-electron chi connectivity index (χ2n) is 3.38. The van der Waals surface area contributed by atoms with Gasteiger partial charge in [0.25, 0.3) is 0 Å². The smallest absolute Gasteiger partial charge is 0.406 e. The number of benzene rings is 1. The van der Waals surface area contributed by atoms with Crippen LogP contribution in [0, 0.1) is 11.3 Å². The fraction of sp³-hybridized carbons (Fsp3) is 0.250. The van der Waals surface area contributed by atoms with Crippen molar-refractivity contribution in [3.63, 3.8) is 0 Å². The molecule has 0 amide bonds. The van der Waals surface area contributed by atoms with E-state index in [4.69, 9.17) is 5.26 Å². The van der Waals surface area contributed by atoms with Crippen molar-refractivity contribution in [1.29, 1.82) is 5.26 Å². The van der Waals surface area contributed by atoms with E-state index in [0.717, 1.165) is 0 Å². The molecule has 3 nitrogen and oxygen atoms in total. The third-order valence-electron chi connectivity index (χ3n) is 2.02. The SMILES string of the molecule is C=CCNC(C#N)c1cccc(OC(F)(F)F)c1. The molecule has 0 saturated carbocycles. The zero-order valence-electron chi connectivity index (χ0n) is 9.37. The van der Waals surface area contributed by atoms with Crippen LogP contribution >= 0.6 is 0 Å². The van der Waals surface area contributed by atoms with Gasteiger partial charge in [-0.05, 0) is 17.7 Å². The molecule has 0 radical (unpaired) electrons. The van der Waals surface area contributed by atoms with Crippen LogP contribution in [0.15, 0.2) is 36.9 Å². The molecule has 1 rings (SSSR count). The molecule has 0 bridgehead atoms. The predicted octanol–water partition coefficient (Wildman–Crippen LogP) is 2.93. The number of rotatable bonds is 5. The average Bonchev–Trinajstić information content (AvgIpc) is 2.28. The zero-order valence-corrected chi connectivity index (χ0v) is 9.37. The highest BCUT2D eigenvalue weighted by Crippen LogP contribution is 2.25. The molecule has 0 heterocycles. The van der Waals surface area contributed by atoms with Gasteiger partial charge in [-0.1, -0.05) is 18.2 Å². The van der Waals surface area contributed by atoms with E-state index in [9.17, 15) is 13.2 Å². The molecular formula is C12H11F3N2O. The third kappa shape index (κ3) is 4.47. The molecule has 0 fully saturated rings. The van der Waals surface area contributed by atoms with Gasteiger partial charge < -0.3 is 4.74 Å². The molecule has 0 spiro atoms. The fourth-order valence-electron chi connectivity index (χ4n) is 1.33. The molecule has 1 N–H and O–H groups in total. The molecule has 0 aliphatic heterocycles. The van der Waals surface area contributed by atoms with Gasteiger partial charge in [-0.2, -0.15) is 5.26 Å². The summed E-state index contributed by atoms with van der Waals surface area (Å²) in [4.78, 5) is 0. The number of nitriles is 1. The number of nitrogens with one attached hydrogen (secondary N) is 1. The number of halogens is 3. The van der Waals surface area contributed by atoms with Gasteiger partial charge in [-0.15, -0.1) is 19.8 Å². The Kier molecular flexibility index (Phi) is 4.75. The maximum Gasteiger partial charge on any atom is 0.573 e. The number of hydrogen-bond donors (Lipinski definition) is 1. The van der Waals surface area contributed by atoms with Crippen LogP contribution in [0.25, 0.3) is 0 Å². The maximum atomic E-state index is 12.0. The van der Waals surface area contributed by atoms with Crippen LogP contribution in [0.5, 0.6) is 5.75 Å². The Morgan fingerprint density at radius 2 is 2.22 bits per heavy atom. The summed E-state index contributed by atoms with van der Waals surface area (Å²) in [5.41, 5.74) is 0.404. The molecule has 0 aliphatic rings. The van der Waals surface area contributed by atoms with Crippen LogP contribution in [0.3, 0.4) is 0 Å². The maximum absolute atomic E-state index is 12.0. The van der Waals surface area contributed by atoms with Crippen LogP contribution in [0.1, 0.15) is 11.6 Å². The third-order valence-corrected chi connectivity index (χ3v) is 2.02. The highest BCUT2D eigenvalue weighted by Gasteiger charge is 2.31. The minimum absolute atomic E-state index is 0.347. The molecular weight excluding hydrogens is 245 g/mol. The number of nitrogens with zero attached hydrogens (tertiary/aromatic N) is 1. The van der Waals surface area contributed by atoms with Crippen molar-refractivity contribution >= 4 is 0 Å². The van der Waals surface area contributed by atoms with Gasteiger partial charge in [0.1, 0.15) is 11.8 Å². The first-order valence-electron chi connectivity index (χ1n) is 5.06. The molecule has 1 aromatic rings. The lowest BCUT2D eigenvalue weighted by Crippen LogP contribution is -2.20. The van der Waals surface area contributed by atoms with Crippen molar-refractivity contribution < 1.29 is 17.9 Å². The lowest BCUT2D eigenvalue weighted by molar-refractivity contribution is -0.274. The largest absolute Gasteiger partial charge is 0.573 e. The molecule has 96 valence electrons. The molecule has 0 aromatic heterocycles. The zero-order chi connectivity index (χ0) is 13.6. The minimum atomic E-state index is -4.74. The second-order valence-corrected chi connectivity index (χ2v) is 3.38. The lowest BCUT2D eigenvalue weighted by atomic mass is 10.1. The summed E-state index contributed by atoms with van der Waals surface area (Å²) in [6.45, 7) is 3.86. The van der Waals surface area contributed by atoms with Crippen molar-refractivity contribution in [1.82, 2.24) is 5.32 Å². The number of hydrogen-bond acceptors (Lipinski definition) is 3. The fourth-order valence-corrected chi connectivity index (χ4v) is 1.33. The van der Waals surface area contributed by atoms with E-state index in [1.54, 1.807) is 12.1 Å². The van der Waals surface area contributed by atoms with Crippen LogP contribution in [0.2, 0.25) is 0 Å². The Morgan fingerprint density at radius 3 is 2.78 bits per heavy atom. The topological polar surface area (TPSA) is 45.0 Å². The first kappa shape index (κ1) is 14.1. The summed E-state index contributed by atoms with van der Waals surface area (Å²) in [5, 5.41) is 11.7. The lowest BCUT2D eigenvalue weighted by Gasteiger charge is -2.13. The summed E-state index contributed by atoms with van der Waals surface area (Å²) in [5.74, 6) is -0.347. The first-order chi connectivity index (χ1) is 8.46. The van der Waals surface area contributed by atoms with Crippen LogP contribution in [-0.2, 0) is 0 Å². The Bertz CT molecular complexity index is 451. The van der Waals surface area contributed by atoms with Gasteiger partial charge >= 0.3 is 6.36 Å². The van der Waals surface area contributed by atoms with Crippen molar-refractivity contribution in [3.8, 4) is 11.8 Å². The standard InChI is InChI=1S/C12H11F3N2O/c1-2-6-17-11(8-16)9-4-3-5-10(7-9)18-12(13,14)15/h2-5,7,11,17H,1,6H2. The monoisotopic (exact) mass is 256 g/mol. The van der Waals surface area contributed by atoms with E-state index < -0.39 is 12.4 Å². The predicted molar refractivity (Wildman–Crippen MR) is 59.7 cm³/mol. The van der Waals surface area contributed by atoms with Gasteiger partial charge in [-0.25, -0.2) is 0 Å². The summed E-state index contributed by atoms with van der Waals surface area (Å²) < 4.78 is 39.9. The van der Waals surface area contributed by atoms with Crippen LogP contribution < -0.4 is 10.1 Å². The van der Waals surface area contributed by atoms with Crippen molar-refractivity contribution in [2.24, 2.45) is 0 Å². The van der Waals surface area contributed by atoms with Gasteiger partial charge in [0.05, 0.1) is 6.07 Å². The Labute approximate surface area is 102 Å². The molecule has 1 aromatic carbocycles. The van der Waals surface area contributed by atoms with Gasteiger partial charge in [-0.3, -0.25) is 5.32 Å². The first-order valence-corrected chi connectivity index (χ1v) is 5.06. The molecule has 0 saturated heterocycles. The van der Waals surface area contributed by atoms with Crippen LogP contribution in [0.4, 0.5) is 13.2 Å². The van der Waals surface area contributed by atoms with Crippen molar-refractivity contribution in [2.45, 2.75) is 12.4 Å². The quantitative estimate of drug-likeness (QED) is 0.824. The van der Waals surface area contributed by atoms with Gasteiger partial charge in [0, 0.05) is 6.54 Å². The summed E-state index contributed by atoms with van der Waals surface area (Å²) in [6.07, 6.45) is -3.18. The van der Waals surface area contributed by atoms with E-state index in [1.807, 2.05) is 6.07 Å². The number of ether oxygens (including phenoxy) is 1. The van der Waals surface area contributed by atoms with Crippen molar-refractivity contribution in [2.75, 3.05) is 6.54 Å². The normalized spacial score (nSPS) is 12.6. The highest BCUT2D eigenvalue weighted by molar-refractivity contribution is 5.33. The number of alkyl halides is 3. The Hall–Kier alpha value is -2.00. The van der Waals surface area contributed by atoms with E-state index in [1.165, 1.54) is 18.2 Å². The summed E-state index contributed by atoms with van der Waals surface area (Å²) >= 11 is 0. The average molecular weight is 256 g/mol. The van der Waals surface area contributed by atoms with Crippen molar-refractivity contribution in [3.05, 3.63) is 42.5 Å². The second kappa shape index (κ2) is 6.07. The molecule has 6 heteroatoms. The van der Waals surface area contributed by atoms with E-state index in [2.05, 4.69) is 16.6 Å². The van der Waals surface area contributed by atoms with E-state index in [0.29, 0.717) is 12.1 Å². The van der Waals surface area contributed by atoms with Gasteiger partial charge in [0.15, 0.2) is 0 Å². The Morgan fingerprint density at radius 1 is 1.50 bits per heavy atom. The molecule has 18 heavy (non-hydrogen) atoms. The molecule has 1 atom stereocenters. The minimum Gasteiger partial charge on any atom is -0.406 e. The molecule has 0 aliphatic carbocycles. The molecule has 1 unspecified atom stereocenters. The summed E-state index contributed by atoms with van der Waals surface area (Å²) in [6, 6.07) is 6.54. The van der Waals surface area contributed by atoms with E-state index >= 15 is 0 Å². The Balaban J connectivity index is 2.86. The summed E-state index contributed by atoms with van der Waals surface area (Å²) in [7, 11) is 0. The van der Waals surface area contributed by atoms with E-state index in [-0.39, 0.29) is 5.75 Å². The van der Waals surface area contributed by atoms with Crippen LogP contribution in [-0.4, -0.2) is 12.9 Å². The van der Waals surface area contributed by atoms with Gasteiger partial charge in [0.2, 0.25) is 0 Å². The highest BCUT2D eigenvalue weighted by atomic mass is 19.4.